The molecule has 208 valence electrons. The lowest BCUT2D eigenvalue weighted by Crippen LogP contribution is -2.37. The standard InChI is InChI=1S/C28H39ClN4O3S2/c1-19(2)17-32(18-20(3)4)38(35,36)24-11-9-22(10-12-24)27(34)33(14-8-13-31(6)7)28-30-26-21(5)15-23(29)16-25(26)37-28/h9-12,15-16,19-20H,8,13-14,17-18H2,1-7H3. The van der Waals surface area contributed by atoms with E-state index in [1.165, 1.54) is 23.5 Å². The molecule has 1 amide bonds. The number of hydrogen-bond acceptors (Lipinski definition) is 6. The highest BCUT2D eigenvalue weighted by molar-refractivity contribution is 7.89. The van der Waals surface area contributed by atoms with Crippen molar-refractivity contribution in [3.05, 3.63) is 52.5 Å². The van der Waals surface area contributed by atoms with E-state index < -0.39 is 10.0 Å². The molecule has 10 heteroatoms. The summed E-state index contributed by atoms with van der Waals surface area (Å²) in [5.74, 6) is 0.191. The third kappa shape index (κ3) is 7.54. The number of hydrogen-bond donors (Lipinski definition) is 0. The highest BCUT2D eigenvalue weighted by Crippen LogP contribution is 2.34. The normalized spacial score (nSPS) is 12.4. The lowest BCUT2D eigenvalue weighted by atomic mass is 10.2. The predicted octanol–water partition coefficient (Wildman–Crippen LogP) is 6.16. The molecule has 0 spiro atoms. The number of benzene rings is 2. The monoisotopic (exact) mass is 578 g/mol. The zero-order valence-electron chi connectivity index (χ0n) is 23.4. The van der Waals surface area contributed by atoms with Crippen molar-refractivity contribution in [2.45, 2.75) is 45.9 Å². The van der Waals surface area contributed by atoms with Gasteiger partial charge in [0.15, 0.2) is 5.13 Å². The Bertz CT molecular complexity index is 1340. The van der Waals surface area contributed by atoms with Crippen LogP contribution in [0.1, 0.15) is 50.0 Å². The maximum absolute atomic E-state index is 13.7. The third-order valence-electron chi connectivity index (χ3n) is 5.98. The second kappa shape index (κ2) is 12.9. The van der Waals surface area contributed by atoms with Crippen LogP contribution in [0, 0.1) is 18.8 Å². The number of thiazole rings is 1. The van der Waals surface area contributed by atoms with Crippen LogP contribution in [0.4, 0.5) is 5.13 Å². The van der Waals surface area contributed by atoms with E-state index in [1.807, 2.05) is 60.8 Å². The summed E-state index contributed by atoms with van der Waals surface area (Å²) >= 11 is 7.69. The van der Waals surface area contributed by atoms with E-state index in [2.05, 4.69) is 4.90 Å². The summed E-state index contributed by atoms with van der Waals surface area (Å²) < 4.78 is 29.3. The second-order valence-corrected chi connectivity index (χ2v) is 14.2. The Kier molecular flexibility index (Phi) is 10.3. The number of fused-ring (bicyclic) bond motifs is 1. The summed E-state index contributed by atoms with van der Waals surface area (Å²) in [7, 11) is 0.317. The molecule has 0 bridgehead atoms. The van der Waals surface area contributed by atoms with Crippen LogP contribution in [-0.2, 0) is 10.0 Å². The van der Waals surface area contributed by atoms with Gasteiger partial charge in [0.1, 0.15) is 0 Å². The SMILES string of the molecule is Cc1cc(Cl)cc2sc(N(CCCN(C)C)C(=O)c3ccc(S(=O)(=O)N(CC(C)C)CC(C)C)cc3)nc12. The Morgan fingerprint density at radius 3 is 2.16 bits per heavy atom. The molecule has 38 heavy (non-hydrogen) atoms. The summed E-state index contributed by atoms with van der Waals surface area (Å²) in [6.45, 7) is 12.2. The van der Waals surface area contributed by atoms with Gasteiger partial charge in [-0.2, -0.15) is 4.31 Å². The van der Waals surface area contributed by atoms with E-state index >= 15 is 0 Å². The third-order valence-corrected chi connectivity index (χ3v) is 9.07. The van der Waals surface area contributed by atoms with Crippen molar-refractivity contribution in [2.75, 3.05) is 45.2 Å². The van der Waals surface area contributed by atoms with Crippen LogP contribution in [0.3, 0.4) is 0 Å². The Morgan fingerprint density at radius 2 is 1.61 bits per heavy atom. The number of rotatable bonds is 12. The van der Waals surface area contributed by atoms with Crippen LogP contribution in [0.25, 0.3) is 10.2 Å². The fourth-order valence-electron chi connectivity index (χ4n) is 4.25. The zero-order chi connectivity index (χ0) is 28.2. The van der Waals surface area contributed by atoms with Gasteiger partial charge in [-0.1, -0.05) is 50.6 Å². The molecule has 0 N–H and O–H groups in total. The molecule has 1 heterocycles. The second-order valence-electron chi connectivity index (χ2n) is 10.8. The molecule has 3 rings (SSSR count). The van der Waals surface area contributed by atoms with E-state index in [-0.39, 0.29) is 22.6 Å². The van der Waals surface area contributed by atoms with Crippen molar-refractivity contribution < 1.29 is 13.2 Å². The van der Waals surface area contributed by atoms with Gasteiger partial charge in [-0.15, -0.1) is 0 Å². The topological polar surface area (TPSA) is 73.8 Å². The Morgan fingerprint density at radius 1 is 1.00 bits per heavy atom. The first-order valence-electron chi connectivity index (χ1n) is 12.9. The largest absolute Gasteiger partial charge is 0.309 e. The lowest BCUT2D eigenvalue weighted by Gasteiger charge is -2.26. The number of carbonyl (C=O) groups excluding carboxylic acids is 1. The van der Waals surface area contributed by atoms with Crippen LogP contribution in [0.5, 0.6) is 0 Å². The highest BCUT2D eigenvalue weighted by atomic mass is 35.5. The average Bonchev–Trinajstić information content (AvgIpc) is 3.24. The minimum Gasteiger partial charge on any atom is -0.309 e. The van der Waals surface area contributed by atoms with Gasteiger partial charge in [-0.05, 0) is 87.8 Å². The number of carbonyl (C=O) groups is 1. The van der Waals surface area contributed by atoms with Gasteiger partial charge in [0.25, 0.3) is 5.91 Å². The van der Waals surface area contributed by atoms with Gasteiger partial charge < -0.3 is 4.90 Å². The van der Waals surface area contributed by atoms with Crippen LogP contribution >= 0.6 is 22.9 Å². The molecule has 0 fully saturated rings. The maximum atomic E-state index is 13.7. The van der Waals surface area contributed by atoms with Crippen LogP contribution in [-0.4, -0.2) is 68.8 Å². The van der Waals surface area contributed by atoms with E-state index in [1.54, 1.807) is 21.3 Å². The zero-order valence-corrected chi connectivity index (χ0v) is 25.8. The van der Waals surface area contributed by atoms with Crippen molar-refractivity contribution in [3.8, 4) is 0 Å². The van der Waals surface area contributed by atoms with Crippen molar-refractivity contribution in [3.63, 3.8) is 0 Å². The van der Waals surface area contributed by atoms with Gasteiger partial charge in [0.05, 0.1) is 15.1 Å². The molecular weight excluding hydrogens is 540 g/mol. The molecule has 0 saturated carbocycles. The molecule has 0 unspecified atom stereocenters. The van der Waals surface area contributed by atoms with Gasteiger partial charge in [0, 0.05) is 30.2 Å². The average molecular weight is 579 g/mol. The molecule has 1 aromatic heterocycles. The van der Waals surface area contributed by atoms with Crippen molar-refractivity contribution in [1.82, 2.24) is 14.2 Å². The quantitative estimate of drug-likeness (QED) is 0.257. The van der Waals surface area contributed by atoms with Crippen LogP contribution in [0.2, 0.25) is 5.02 Å². The molecular formula is C28H39ClN4O3S2. The first-order valence-corrected chi connectivity index (χ1v) is 15.6. The fraction of sp³-hybridized carbons (Fsp3) is 0.500. The van der Waals surface area contributed by atoms with Gasteiger partial charge in [-0.3, -0.25) is 9.69 Å². The number of aromatic nitrogens is 1. The molecule has 0 radical (unpaired) electrons. The van der Waals surface area contributed by atoms with Crippen LogP contribution in [0.15, 0.2) is 41.3 Å². The first kappa shape index (κ1) is 30.5. The Labute approximate surface area is 236 Å². The predicted molar refractivity (Wildman–Crippen MR) is 159 cm³/mol. The fourth-order valence-corrected chi connectivity index (χ4v) is 7.46. The molecule has 3 aromatic rings. The molecule has 0 aliphatic heterocycles. The van der Waals surface area contributed by atoms with Crippen LogP contribution < -0.4 is 4.90 Å². The van der Waals surface area contributed by atoms with Crippen molar-refractivity contribution >= 4 is 54.2 Å². The number of anilines is 1. The van der Waals surface area contributed by atoms with E-state index in [4.69, 9.17) is 16.6 Å². The van der Waals surface area contributed by atoms with Gasteiger partial charge in [-0.25, -0.2) is 13.4 Å². The van der Waals surface area contributed by atoms with Crippen molar-refractivity contribution in [2.24, 2.45) is 11.8 Å². The summed E-state index contributed by atoms with van der Waals surface area (Å²) in [6, 6.07) is 10.0. The lowest BCUT2D eigenvalue weighted by molar-refractivity contribution is 0.0986. The minimum atomic E-state index is -3.68. The molecule has 0 saturated heterocycles. The summed E-state index contributed by atoms with van der Waals surface area (Å²) in [6.07, 6.45) is 0.764. The number of aryl methyl sites for hydroxylation is 1. The molecule has 2 aromatic carbocycles. The van der Waals surface area contributed by atoms with Gasteiger partial charge in [0.2, 0.25) is 10.0 Å². The maximum Gasteiger partial charge on any atom is 0.260 e. The molecule has 0 aliphatic carbocycles. The first-order chi connectivity index (χ1) is 17.8. The Hall–Kier alpha value is -2.04. The molecule has 0 aliphatic rings. The summed E-state index contributed by atoms with van der Waals surface area (Å²) in [5, 5.41) is 1.24. The van der Waals surface area contributed by atoms with Gasteiger partial charge >= 0.3 is 0 Å². The minimum absolute atomic E-state index is 0.194. The molecule has 0 atom stereocenters. The summed E-state index contributed by atoms with van der Waals surface area (Å²) in [5.41, 5.74) is 2.20. The highest BCUT2D eigenvalue weighted by Gasteiger charge is 2.27. The smallest absolute Gasteiger partial charge is 0.260 e. The van der Waals surface area contributed by atoms with E-state index in [0.29, 0.717) is 35.4 Å². The number of halogens is 1. The summed E-state index contributed by atoms with van der Waals surface area (Å²) in [4.78, 5) is 22.5. The number of amides is 1. The number of sulfonamides is 1. The molecule has 7 nitrogen and oxygen atoms in total. The number of nitrogens with zero attached hydrogens (tertiary/aromatic N) is 4. The van der Waals surface area contributed by atoms with E-state index in [9.17, 15) is 13.2 Å². The van der Waals surface area contributed by atoms with E-state index in [0.717, 1.165) is 28.7 Å². The Balaban J connectivity index is 1.93. The van der Waals surface area contributed by atoms with Crippen molar-refractivity contribution in [1.29, 1.82) is 0 Å².